The molecule has 0 aromatic carbocycles. The van der Waals surface area contributed by atoms with E-state index in [4.69, 9.17) is 5.73 Å². The minimum atomic E-state index is 0.418. The monoisotopic (exact) mass is 222 g/mol. The van der Waals surface area contributed by atoms with E-state index in [9.17, 15) is 0 Å². The van der Waals surface area contributed by atoms with E-state index >= 15 is 0 Å². The Morgan fingerprint density at radius 1 is 0.812 bits per heavy atom. The van der Waals surface area contributed by atoms with E-state index in [1.165, 1.54) is 57.8 Å². The topological polar surface area (TPSA) is 38.0 Å². The van der Waals surface area contributed by atoms with Crippen LogP contribution in [0.25, 0.3) is 0 Å². The Hall–Kier alpha value is -0.0800. The Morgan fingerprint density at radius 3 is 2.44 bits per heavy atom. The van der Waals surface area contributed by atoms with E-state index < -0.39 is 0 Å². The van der Waals surface area contributed by atoms with Gasteiger partial charge in [0.15, 0.2) is 0 Å². The van der Waals surface area contributed by atoms with Gasteiger partial charge in [-0.3, -0.25) is 0 Å². The summed E-state index contributed by atoms with van der Waals surface area (Å²) < 4.78 is 0. The van der Waals surface area contributed by atoms with Crippen molar-refractivity contribution in [3.8, 4) is 0 Å². The number of hydrogen-bond acceptors (Lipinski definition) is 2. The van der Waals surface area contributed by atoms with Gasteiger partial charge in [-0.1, -0.05) is 25.7 Å². The van der Waals surface area contributed by atoms with Gasteiger partial charge in [-0.05, 0) is 43.9 Å². The lowest BCUT2D eigenvalue weighted by Crippen LogP contribution is -2.50. The number of nitrogens with two attached hydrogens (primary N) is 1. The van der Waals surface area contributed by atoms with Gasteiger partial charge in [-0.15, -0.1) is 0 Å². The third kappa shape index (κ3) is 2.14. The zero-order chi connectivity index (χ0) is 11.0. The van der Waals surface area contributed by atoms with Crippen molar-refractivity contribution in [1.82, 2.24) is 5.32 Å². The van der Waals surface area contributed by atoms with Crippen molar-refractivity contribution >= 4 is 0 Å². The van der Waals surface area contributed by atoms with Gasteiger partial charge in [0.1, 0.15) is 0 Å². The maximum Gasteiger partial charge on any atom is 0.0221 e. The highest BCUT2D eigenvalue weighted by molar-refractivity contribution is 4.97. The van der Waals surface area contributed by atoms with Crippen molar-refractivity contribution in [2.75, 3.05) is 0 Å². The maximum atomic E-state index is 6.29. The molecule has 5 atom stereocenters. The van der Waals surface area contributed by atoms with Crippen LogP contribution < -0.4 is 11.1 Å². The molecule has 3 fully saturated rings. The molecule has 3 rings (SSSR count). The van der Waals surface area contributed by atoms with Crippen molar-refractivity contribution in [3.63, 3.8) is 0 Å². The highest BCUT2D eigenvalue weighted by Gasteiger charge is 2.40. The van der Waals surface area contributed by atoms with Gasteiger partial charge >= 0.3 is 0 Å². The number of hydrogen-bond donors (Lipinski definition) is 2. The molecule has 3 N–H and O–H groups in total. The molecule has 0 heterocycles. The Labute approximate surface area is 99.4 Å². The van der Waals surface area contributed by atoms with Crippen molar-refractivity contribution in [1.29, 1.82) is 0 Å². The van der Waals surface area contributed by atoms with E-state index in [1.807, 2.05) is 0 Å². The first-order valence-electron chi connectivity index (χ1n) is 7.34. The van der Waals surface area contributed by atoms with Crippen LogP contribution in [-0.4, -0.2) is 18.1 Å². The van der Waals surface area contributed by atoms with Crippen LogP contribution in [0, 0.1) is 11.8 Å². The van der Waals surface area contributed by atoms with Crippen LogP contribution in [0.3, 0.4) is 0 Å². The molecule has 16 heavy (non-hydrogen) atoms. The van der Waals surface area contributed by atoms with Crippen molar-refractivity contribution in [3.05, 3.63) is 0 Å². The predicted molar refractivity (Wildman–Crippen MR) is 67.2 cm³/mol. The number of nitrogens with one attached hydrogen (secondary N) is 1. The molecule has 0 aromatic rings. The quantitative estimate of drug-likeness (QED) is 0.704. The third-order valence-electron chi connectivity index (χ3n) is 5.24. The van der Waals surface area contributed by atoms with Crippen molar-refractivity contribution < 1.29 is 0 Å². The Morgan fingerprint density at radius 2 is 1.69 bits per heavy atom. The van der Waals surface area contributed by atoms with Crippen LogP contribution in [0.1, 0.15) is 57.8 Å². The standard InChI is InChI=1S/C14H26N2/c15-12-4-2-1-3-5-13(12)16-14-9-10-6-7-11(14)8-10/h10-14,16H,1-9,15H2. The zero-order valence-electron chi connectivity index (χ0n) is 10.3. The summed E-state index contributed by atoms with van der Waals surface area (Å²) >= 11 is 0. The second-order valence-corrected chi connectivity index (χ2v) is 6.36. The molecule has 0 spiro atoms. The molecule has 0 amide bonds. The van der Waals surface area contributed by atoms with Crippen LogP contribution in [0.2, 0.25) is 0 Å². The van der Waals surface area contributed by atoms with Crippen molar-refractivity contribution in [2.45, 2.75) is 75.9 Å². The highest BCUT2D eigenvalue weighted by atomic mass is 15.0. The molecule has 92 valence electrons. The molecule has 0 aliphatic heterocycles. The molecule has 3 aliphatic carbocycles. The minimum Gasteiger partial charge on any atom is -0.326 e. The molecular formula is C14H26N2. The summed E-state index contributed by atoms with van der Waals surface area (Å²) in [6.45, 7) is 0. The maximum absolute atomic E-state index is 6.29. The Bertz CT molecular complexity index is 241. The largest absolute Gasteiger partial charge is 0.326 e. The molecule has 0 radical (unpaired) electrons. The lowest BCUT2D eigenvalue weighted by molar-refractivity contribution is 0.288. The van der Waals surface area contributed by atoms with Gasteiger partial charge in [-0.25, -0.2) is 0 Å². The normalized spacial score (nSPS) is 48.2. The molecular weight excluding hydrogens is 196 g/mol. The SMILES string of the molecule is NC1CCCCCC1NC1CC2CCC1C2. The smallest absolute Gasteiger partial charge is 0.0221 e. The lowest BCUT2D eigenvalue weighted by Gasteiger charge is -2.31. The summed E-state index contributed by atoms with van der Waals surface area (Å²) in [5.74, 6) is 2.03. The van der Waals surface area contributed by atoms with Crippen LogP contribution in [0.4, 0.5) is 0 Å². The molecule has 2 nitrogen and oxygen atoms in total. The summed E-state index contributed by atoms with van der Waals surface area (Å²) in [6.07, 6.45) is 12.6. The lowest BCUT2D eigenvalue weighted by atomic mass is 9.93. The minimum absolute atomic E-state index is 0.418. The van der Waals surface area contributed by atoms with E-state index in [1.54, 1.807) is 0 Å². The third-order valence-corrected chi connectivity index (χ3v) is 5.24. The van der Waals surface area contributed by atoms with Gasteiger partial charge in [0.2, 0.25) is 0 Å². The van der Waals surface area contributed by atoms with Gasteiger partial charge < -0.3 is 11.1 Å². The van der Waals surface area contributed by atoms with Gasteiger partial charge in [0.05, 0.1) is 0 Å². The van der Waals surface area contributed by atoms with Crippen LogP contribution in [-0.2, 0) is 0 Å². The highest BCUT2D eigenvalue weighted by Crippen LogP contribution is 2.44. The van der Waals surface area contributed by atoms with E-state index in [0.717, 1.165) is 17.9 Å². The van der Waals surface area contributed by atoms with Gasteiger partial charge in [0.25, 0.3) is 0 Å². The Kier molecular flexibility index (Phi) is 3.21. The van der Waals surface area contributed by atoms with E-state index in [2.05, 4.69) is 5.32 Å². The zero-order valence-corrected chi connectivity index (χ0v) is 10.3. The summed E-state index contributed by atoms with van der Waals surface area (Å²) in [5, 5.41) is 3.91. The number of rotatable bonds is 2. The first kappa shape index (κ1) is 11.0. The number of fused-ring (bicyclic) bond motifs is 2. The molecule has 2 heteroatoms. The molecule has 2 bridgehead atoms. The van der Waals surface area contributed by atoms with Crippen LogP contribution >= 0.6 is 0 Å². The summed E-state index contributed by atoms with van der Waals surface area (Å²) in [6, 6.07) is 1.85. The Balaban J connectivity index is 1.56. The van der Waals surface area contributed by atoms with E-state index in [0.29, 0.717) is 12.1 Å². The molecule has 0 aromatic heterocycles. The van der Waals surface area contributed by atoms with Crippen LogP contribution in [0.5, 0.6) is 0 Å². The summed E-state index contributed by atoms with van der Waals surface area (Å²) in [4.78, 5) is 0. The van der Waals surface area contributed by atoms with Gasteiger partial charge in [0, 0.05) is 18.1 Å². The molecule has 3 saturated carbocycles. The summed E-state index contributed by atoms with van der Waals surface area (Å²) in [7, 11) is 0. The fourth-order valence-corrected chi connectivity index (χ4v) is 4.27. The molecule has 0 saturated heterocycles. The fourth-order valence-electron chi connectivity index (χ4n) is 4.27. The first-order chi connectivity index (χ1) is 7.83. The van der Waals surface area contributed by atoms with E-state index in [-0.39, 0.29) is 0 Å². The van der Waals surface area contributed by atoms with Crippen LogP contribution in [0.15, 0.2) is 0 Å². The second kappa shape index (κ2) is 4.66. The first-order valence-corrected chi connectivity index (χ1v) is 7.34. The summed E-state index contributed by atoms with van der Waals surface area (Å²) in [5.41, 5.74) is 6.29. The average Bonchev–Trinajstić information content (AvgIpc) is 2.83. The molecule has 3 aliphatic rings. The molecule has 5 unspecified atom stereocenters. The second-order valence-electron chi connectivity index (χ2n) is 6.36. The predicted octanol–water partition coefficient (Wildman–Crippen LogP) is 2.42. The average molecular weight is 222 g/mol. The van der Waals surface area contributed by atoms with Gasteiger partial charge in [-0.2, -0.15) is 0 Å². The fraction of sp³-hybridized carbons (Fsp3) is 1.00. The van der Waals surface area contributed by atoms with Crippen molar-refractivity contribution in [2.24, 2.45) is 17.6 Å².